The Morgan fingerprint density at radius 2 is 2.03 bits per heavy atom. The van der Waals surface area contributed by atoms with Crippen LogP contribution in [-0.2, 0) is 23.1 Å². The molecule has 0 radical (unpaired) electrons. The Morgan fingerprint density at radius 3 is 2.75 bits per heavy atom. The minimum Gasteiger partial charge on any atom is -0.373 e. The second kappa shape index (κ2) is 9.46. The monoisotopic (exact) mass is 431 g/mol. The van der Waals surface area contributed by atoms with E-state index in [-0.39, 0.29) is 11.5 Å². The summed E-state index contributed by atoms with van der Waals surface area (Å²) in [4.78, 5) is 19.0. The number of nitrogens with zero attached hydrogens (tertiary/aromatic N) is 4. The molecular formula is C25H29N5O2. The van der Waals surface area contributed by atoms with Crippen LogP contribution in [0, 0.1) is 0 Å². The van der Waals surface area contributed by atoms with E-state index in [1.54, 1.807) is 29.3 Å². The van der Waals surface area contributed by atoms with Gasteiger partial charge in [-0.25, -0.2) is 0 Å². The molecule has 0 saturated carbocycles. The van der Waals surface area contributed by atoms with E-state index in [2.05, 4.69) is 46.3 Å². The summed E-state index contributed by atoms with van der Waals surface area (Å²) in [6, 6.07) is 9.92. The number of ether oxygens (including phenoxy) is 1. The number of pyridine rings is 1. The Kier molecular flexibility index (Phi) is 6.48. The van der Waals surface area contributed by atoms with Crippen molar-refractivity contribution in [1.82, 2.24) is 19.7 Å². The van der Waals surface area contributed by atoms with Gasteiger partial charge in [-0.15, -0.1) is 0 Å². The zero-order valence-electron chi connectivity index (χ0n) is 18.8. The first-order chi connectivity index (χ1) is 15.4. The van der Waals surface area contributed by atoms with E-state index in [9.17, 15) is 4.79 Å². The number of benzene rings is 1. The van der Waals surface area contributed by atoms with Crippen LogP contribution in [0.5, 0.6) is 0 Å². The summed E-state index contributed by atoms with van der Waals surface area (Å²) in [5.74, 6) is -0.186. The van der Waals surface area contributed by atoms with Crippen LogP contribution in [-0.4, -0.2) is 50.9 Å². The maximum atomic E-state index is 12.5. The van der Waals surface area contributed by atoms with Gasteiger partial charge in [0.25, 0.3) is 0 Å². The molecule has 3 heterocycles. The lowest BCUT2D eigenvalue weighted by molar-refractivity contribution is -0.111. The van der Waals surface area contributed by atoms with E-state index in [0.29, 0.717) is 0 Å². The van der Waals surface area contributed by atoms with Crippen molar-refractivity contribution in [2.45, 2.75) is 26.0 Å². The van der Waals surface area contributed by atoms with Crippen molar-refractivity contribution in [2.24, 2.45) is 7.05 Å². The van der Waals surface area contributed by atoms with Crippen LogP contribution in [0.4, 0.5) is 5.69 Å². The average molecular weight is 432 g/mol. The van der Waals surface area contributed by atoms with Crippen LogP contribution in [0.3, 0.4) is 0 Å². The molecule has 4 rings (SSSR count). The molecule has 0 bridgehead atoms. The molecule has 166 valence electrons. The molecule has 0 atom stereocenters. The summed E-state index contributed by atoms with van der Waals surface area (Å²) < 4.78 is 7.53. The molecule has 1 aliphatic rings. The van der Waals surface area contributed by atoms with Gasteiger partial charge in [0, 0.05) is 68.2 Å². The quantitative estimate of drug-likeness (QED) is 0.602. The topological polar surface area (TPSA) is 72.3 Å². The summed E-state index contributed by atoms with van der Waals surface area (Å²) in [6.45, 7) is 7.71. The lowest BCUT2D eigenvalue weighted by Crippen LogP contribution is -2.47. The predicted molar refractivity (Wildman–Crippen MR) is 126 cm³/mol. The third-order valence-electron chi connectivity index (χ3n) is 5.41. The molecule has 0 spiro atoms. The van der Waals surface area contributed by atoms with E-state index >= 15 is 0 Å². The Labute approximate surface area is 188 Å². The highest BCUT2D eigenvalue weighted by atomic mass is 16.5. The van der Waals surface area contributed by atoms with Gasteiger partial charge >= 0.3 is 0 Å². The number of morpholine rings is 1. The van der Waals surface area contributed by atoms with E-state index in [1.807, 2.05) is 31.4 Å². The molecule has 2 aromatic heterocycles. The van der Waals surface area contributed by atoms with Crippen LogP contribution >= 0.6 is 0 Å². The van der Waals surface area contributed by atoms with E-state index in [0.717, 1.165) is 48.6 Å². The molecule has 1 saturated heterocycles. The number of hydrogen-bond acceptors (Lipinski definition) is 5. The first kappa shape index (κ1) is 21.9. The van der Waals surface area contributed by atoms with Gasteiger partial charge in [0.2, 0.25) is 5.91 Å². The number of anilines is 1. The Balaban J connectivity index is 1.36. The van der Waals surface area contributed by atoms with Crippen LogP contribution in [0.25, 0.3) is 17.2 Å². The summed E-state index contributed by atoms with van der Waals surface area (Å²) in [5, 5.41) is 7.14. The predicted octanol–water partition coefficient (Wildman–Crippen LogP) is 3.74. The highest BCUT2D eigenvalue weighted by molar-refractivity contribution is 6.02. The highest BCUT2D eigenvalue weighted by Crippen LogP contribution is 2.23. The number of amides is 1. The third-order valence-corrected chi connectivity index (χ3v) is 5.41. The molecule has 1 amide bonds. The Morgan fingerprint density at radius 1 is 1.22 bits per heavy atom. The molecule has 32 heavy (non-hydrogen) atoms. The SMILES string of the molecule is Cn1cc(-c2ccncc2/C=C/C(=O)Nc2ccc(CN3CCOC(C)(C)C3)cc2)cn1. The van der Waals surface area contributed by atoms with Crippen molar-refractivity contribution < 1.29 is 9.53 Å². The summed E-state index contributed by atoms with van der Waals surface area (Å²) >= 11 is 0. The average Bonchev–Trinajstić information content (AvgIpc) is 3.19. The number of carbonyl (C=O) groups is 1. The summed E-state index contributed by atoms with van der Waals surface area (Å²) in [5.41, 5.74) is 4.70. The van der Waals surface area contributed by atoms with Gasteiger partial charge in [-0.2, -0.15) is 5.10 Å². The van der Waals surface area contributed by atoms with E-state index < -0.39 is 0 Å². The molecule has 7 heteroatoms. The van der Waals surface area contributed by atoms with Crippen molar-refractivity contribution in [3.8, 4) is 11.1 Å². The van der Waals surface area contributed by atoms with Crippen molar-refractivity contribution in [3.63, 3.8) is 0 Å². The molecular weight excluding hydrogens is 402 g/mol. The van der Waals surface area contributed by atoms with Crippen LogP contribution in [0.1, 0.15) is 25.0 Å². The zero-order chi connectivity index (χ0) is 22.6. The number of nitrogens with one attached hydrogen (secondary N) is 1. The number of rotatable bonds is 6. The Hall–Kier alpha value is -3.29. The fourth-order valence-electron chi connectivity index (χ4n) is 3.91. The minimum absolute atomic E-state index is 0.107. The van der Waals surface area contributed by atoms with Crippen molar-refractivity contribution >= 4 is 17.7 Å². The van der Waals surface area contributed by atoms with Crippen LogP contribution in [0.2, 0.25) is 0 Å². The molecule has 3 aromatic rings. The maximum Gasteiger partial charge on any atom is 0.248 e. The molecule has 0 aliphatic carbocycles. The summed E-state index contributed by atoms with van der Waals surface area (Å²) in [6.07, 6.45) is 10.5. The smallest absolute Gasteiger partial charge is 0.248 e. The fraction of sp³-hybridized carbons (Fsp3) is 0.320. The summed E-state index contributed by atoms with van der Waals surface area (Å²) in [7, 11) is 1.88. The first-order valence-electron chi connectivity index (χ1n) is 10.8. The number of aromatic nitrogens is 3. The zero-order valence-corrected chi connectivity index (χ0v) is 18.8. The van der Waals surface area contributed by atoms with Gasteiger partial charge < -0.3 is 10.1 Å². The Bertz CT molecular complexity index is 1100. The van der Waals surface area contributed by atoms with Gasteiger partial charge in [0.05, 0.1) is 18.4 Å². The van der Waals surface area contributed by atoms with Gasteiger partial charge in [-0.1, -0.05) is 12.1 Å². The van der Waals surface area contributed by atoms with Crippen molar-refractivity contribution in [2.75, 3.05) is 25.0 Å². The standard InChI is InChI=1S/C25H29N5O2/c1-25(2)18-30(12-13-32-25)16-19-4-7-22(8-5-19)28-24(31)9-6-20-14-26-11-10-23(20)21-15-27-29(3)17-21/h4-11,14-15,17H,12-13,16,18H2,1-3H3,(H,28,31)/b9-6+. The van der Waals surface area contributed by atoms with Gasteiger partial charge in [0.15, 0.2) is 0 Å². The van der Waals surface area contributed by atoms with Crippen LogP contribution in [0.15, 0.2) is 61.2 Å². The first-order valence-corrected chi connectivity index (χ1v) is 10.8. The fourth-order valence-corrected chi connectivity index (χ4v) is 3.91. The lowest BCUT2D eigenvalue weighted by Gasteiger charge is -2.38. The largest absolute Gasteiger partial charge is 0.373 e. The van der Waals surface area contributed by atoms with Crippen molar-refractivity contribution in [3.05, 3.63) is 72.3 Å². The van der Waals surface area contributed by atoms with Crippen molar-refractivity contribution in [1.29, 1.82) is 0 Å². The van der Waals surface area contributed by atoms with Crippen LogP contribution < -0.4 is 5.32 Å². The van der Waals surface area contributed by atoms with Gasteiger partial charge in [-0.3, -0.25) is 19.4 Å². The minimum atomic E-state index is -0.186. The van der Waals surface area contributed by atoms with Gasteiger partial charge in [0.1, 0.15) is 0 Å². The third kappa shape index (κ3) is 5.69. The normalized spacial score (nSPS) is 16.3. The molecule has 0 unspecified atom stereocenters. The number of carbonyl (C=O) groups excluding carboxylic acids is 1. The molecule has 1 fully saturated rings. The molecule has 1 aromatic carbocycles. The second-order valence-electron chi connectivity index (χ2n) is 8.70. The van der Waals surface area contributed by atoms with E-state index in [4.69, 9.17) is 4.74 Å². The molecule has 1 aliphatic heterocycles. The molecule has 7 nitrogen and oxygen atoms in total. The van der Waals surface area contributed by atoms with E-state index in [1.165, 1.54) is 11.6 Å². The number of hydrogen-bond donors (Lipinski definition) is 1. The highest BCUT2D eigenvalue weighted by Gasteiger charge is 2.26. The maximum absolute atomic E-state index is 12.5. The lowest BCUT2D eigenvalue weighted by atomic mass is 10.0. The second-order valence-corrected chi connectivity index (χ2v) is 8.70. The molecule has 1 N–H and O–H groups in total. The number of aryl methyl sites for hydroxylation is 1. The van der Waals surface area contributed by atoms with Gasteiger partial charge in [-0.05, 0) is 49.2 Å².